The molecule has 0 aromatic rings. The van der Waals surface area contributed by atoms with Crippen LogP contribution in [-0.2, 0) is 14.3 Å². The minimum Gasteiger partial charge on any atom is -0.494 e. The van der Waals surface area contributed by atoms with Crippen LogP contribution in [0.5, 0.6) is 0 Å². The third-order valence-electron chi connectivity index (χ3n) is 2.50. The van der Waals surface area contributed by atoms with Gasteiger partial charge in [0.25, 0.3) is 0 Å². The topological polar surface area (TPSA) is 59.3 Å². The van der Waals surface area contributed by atoms with E-state index in [9.17, 15) is 4.79 Å². The van der Waals surface area contributed by atoms with Gasteiger partial charge in [-0.1, -0.05) is 45.0 Å². The molecule has 0 amide bonds. The van der Waals surface area contributed by atoms with Gasteiger partial charge in [-0.05, 0) is 23.3 Å². The Balaban J connectivity index is 4.10. The first-order valence-corrected chi connectivity index (χ1v) is 6.85. The van der Waals surface area contributed by atoms with Gasteiger partial charge in [-0.3, -0.25) is 0 Å². The Hall–Kier alpha value is -3.06. The Morgan fingerprint density at radius 1 is 0.957 bits per heavy atom. The average Bonchev–Trinajstić information content (AvgIpc) is 2.56. The third-order valence-corrected chi connectivity index (χ3v) is 2.50. The first kappa shape index (κ1) is 19.9. The maximum atomic E-state index is 10.8. The predicted octanol–water partition coefficient (Wildman–Crippen LogP) is 3.94. The molecule has 0 aliphatic rings. The molecule has 0 aliphatic carbocycles. The molecular formula is C19H21NO3. The van der Waals surface area contributed by atoms with Gasteiger partial charge in [0.15, 0.2) is 0 Å². The van der Waals surface area contributed by atoms with Crippen LogP contribution in [0.1, 0.15) is 6.42 Å². The Kier molecular flexibility index (Phi) is 10.0. The monoisotopic (exact) mass is 311 g/mol. The van der Waals surface area contributed by atoms with Crippen molar-refractivity contribution < 1.29 is 14.3 Å². The van der Waals surface area contributed by atoms with Crippen LogP contribution in [-0.4, -0.2) is 19.2 Å². The molecule has 120 valence electrons. The highest BCUT2D eigenvalue weighted by Gasteiger charge is 1.97. The number of carbonyl (C=O) groups is 1. The van der Waals surface area contributed by atoms with Crippen molar-refractivity contribution in [3.05, 3.63) is 85.8 Å². The van der Waals surface area contributed by atoms with Gasteiger partial charge in [0.2, 0.25) is 0 Å². The van der Waals surface area contributed by atoms with Crippen molar-refractivity contribution in [2.24, 2.45) is 0 Å². The van der Waals surface area contributed by atoms with Gasteiger partial charge in [-0.25, -0.2) is 4.79 Å². The molecule has 0 N–H and O–H groups in total. The second-order valence-electron chi connectivity index (χ2n) is 4.39. The molecular weight excluding hydrogens is 290 g/mol. The highest BCUT2D eigenvalue weighted by molar-refractivity contribution is 5.81. The van der Waals surface area contributed by atoms with Gasteiger partial charge in [-0.2, -0.15) is 5.26 Å². The van der Waals surface area contributed by atoms with E-state index in [-0.39, 0.29) is 6.61 Å². The number of ether oxygens (including phenoxy) is 2. The molecule has 0 aromatic heterocycles. The van der Waals surface area contributed by atoms with E-state index < -0.39 is 5.97 Å². The lowest BCUT2D eigenvalue weighted by molar-refractivity contribution is -0.138. The van der Waals surface area contributed by atoms with Crippen LogP contribution >= 0.6 is 0 Å². The molecule has 0 spiro atoms. The fraction of sp³-hybridized carbons (Fsp3) is 0.158. The number of hydrogen-bond donors (Lipinski definition) is 0. The standard InChI is InChI=1S/C19H21NO3/c1-6-19(21)23-13-7-12-22-18(5)11-10-17(4)16(3)9-8-15(2)14-20/h6,8-11H,1-5,7,12-13H2/b9-8-,11-10-. The SMILES string of the molecule is C=CC(=O)OCCCOC(=C)/C=C\C(=C)C(=C)/C=C\C(=C)C#N. The maximum Gasteiger partial charge on any atom is 0.330 e. The zero-order chi connectivity index (χ0) is 17.7. The molecule has 0 fully saturated rings. The van der Waals surface area contributed by atoms with Crippen molar-refractivity contribution in [3.63, 3.8) is 0 Å². The summed E-state index contributed by atoms with van der Waals surface area (Å²) in [6, 6.07) is 1.91. The zero-order valence-electron chi connectivity index (χ0n) is 13.2. The van der Waals surface area contributed by atoms with Crippen molar-refractivity contribution in [1.29, 1.82) is 5.26 Å². The summed E-state index contributed by atoms with van der Waals surface area (Å²) in [7, 11) is 0. The number of nitrogens with zero attached hydrogens (tertiary/aromatic N) is 1. The van der Waals surface area contributed by atoms with E-state index in [0.29, 0.717) is 35.5 Å². The number of allylic oxidation sites excluding steroid dienone is 7. The first-order valence-electron chi connectivity index (χ1n) is 6.85. The predicted molar refractivity (Wildman–Crippen MR) is 92.2 cm³/mol. The molecule has 0 atom stereocenters. The van der Waals surface area contributed by atoms with Crippen molar-refractivity contribution in [2.45, 2.75) is 6.42 Å². The molecule has 0 rings (SSSR count). The minimum atomic E-state index is -0.453. The van der Waals surface area contributed by atoms with Gasteiger partial charge < -0.3 is 9.47 Å². The number of nitriles is 1. The van der Waals surface area contributed by atoms with Gasteiger partial charge in [0, 0.05) is 18.1 Å². The number of carbonyl (C=O) groups excluding carboxylic acids is 1. The summed E-state index contributed by atoms with van der Waals surface area (Å²) in [5.74, 6) is 0.00470. The van der Waals surface area contributed by atoms with Crippen LogP contribution in [0.3, 0.4) is 0 Å². The summed E-state index contributed by atoms with van der Waals surface area (Å²) < 4.78 is 10.2. The largest absolute Gasteiger partial charge is 0.494 e. The summed E-state index contributed by atoms with van der Waals surface area (Å²) in [5.41, 5.74) is 1.66. The van der Waals surface area contributed by atoms with Gasteiger partial charge >= 0.3 is 5.97 Å². The highest BCUT2D eigenvalue weighted by Crippen LogP contribution is 2.11. The second kappa shape index (κ2) is 11.6. The molecule has 0 unspecified atom stereocenters. The molecule has 0 aliphatic heterocycles. The summed E-state index contributed by atoms with van der Waals surface area (Å²) >= 11 is 0. The van der Waals surface area contributed by atoms with E-state index >= 15 is 0 Å². The summed E-state index contributed by atoms with van der Waals surface area (Å²) in [5, 5.41) is 8.60. The van der Waals surface area contributed by atoms with Crippen LogP contribution in [0.2, 0.25) is 0 Å². The lowest BCUT2D eigenvalue weighted by Gasteiger charge is -2.06. The highest BCUT2D eigenvalue weighted by atomic mass is 16.5. The molecule has 0 bridgehead atoms. The summed E-state index contributed by atoms with van der Waals surface area (Å²) in [6.07, 6.45) is 8.27. The Bertz CT molecular complexity index is 601. The maximum absolute atomic E-state index is 10.8. The molecule has 0 saturated heterocycles. The van der Waals surface area contributed by atoms with E-state index in [0.717, 1.165) is 6.08 Å². The van der Waals surface area contributed by atoms with E-state index in [2.05, 4.69) is 32.9 Å². The third kappa shape index (κ3) is 10.3. The lowest BCUT2D eigenvalue weighted by atomic mass is 10.1. The Morgan fingerprint density at radius 2 is 1.52 bits per heavy atom. The lowest BCUT2D eigenvalue weighted by Crippen LogP contribution is -2.04. The Morgan fingerprint density at radius 3 is 2.09 bits per heavy atom. The molecule has 0 heterocycles. The number of rotatable bonds is 11. The summed E-state index contributed by atoms with van der Waals surface area (Å²) in [6.45, 7) is 18.9. The van der Waals surface area contributed by atoms with Gasteiger partial charge in [0.1, 0.15) is 5.76 Å². The first-order chi connectivity index (χ1) is 10.9. The van der Waals surface area contributed by atoms with Crippen LogP contribution < -0.4 is 0 Å². The van der Waals surface area contributed by atoms with Gasteiger partial charge in [0.05, 0.1) is 19.3 Å². The minimum absolute atomic E-state index is 0.263. The van der Waals surface area contributed by atoms with Crippen LogP contribution in [0.15, 0.2) is 85.8 Å². The number of hydrogen-bond acceptors (Lipinski definition) is 4. The van der Waals surface area contributed by atoms with E-state index in [1.807, 2.05) is 6.07 Å². The molecule has 0 aromatic carbocycles. The Labute approximate surface area is 137 Å². The molecule has 23 heavy (non-hydrogen) atoms. The van der Waals surface area contributed by atoms with Crippen molar-refractivity contribution >= 4 is 5.97 Å². The van der Waals surface area contributed by atoms with E-state index in [1.165, 1.54) is 0 Å². The molecule has 4 nitrogen and oxygen atoms in total. The van der Waals surface area contributed by atoms with Crippen molar-refractivity contribution in [3.8, 4) is 6.07 Å². The second-order valence-corrected chi connectivity index (χ2v) is 4.39. The van der Waals surface area contributed by atoms with Crippen LogP contribution in [0, 0.1) is 11.3 Å². The fourth-order valence-corrected chi connectivity index (χ4v) is 1.19. The molecule has 0 radical (unpaired) electrons. The zero-order valence-corrected chi connectivity index (χ0v) is 13.2. The van der Waals surface area contributed by atoms with Crippen molar-refractivity contribution in [2.75, 3.05) is 13.2 Å². The van der Waals surface area contributed by atoms with Crippen molar-refractivity contribution in [1.82, 2.24) is 0 Å². The van der Waals surface area contributed by atoms with Crippen LogP contribution in [0.4, 0.5) is 0 Å². The normalized spacial score (nSPS) is 10.0. The van der Waals surface area contributed by atoms with E-state index in [1.54, 1.807) is 24.3 Å². The molecule has 0 saturated carbocycles. The smallest absolute Gasteiger partial charge is 0.330 e. The number of esters is 1. The quantitative estimate of drug-likeness (QED) is 0.145. The summed E-state index contributed by atoms with van der Waals surface area (Å²) in [4.78, 5) is 10.8. The molecule has 4 heteroatoms. The van der Waals surface area contributed by atoms with Crippen LogP contribution in [0.25, 0.3) is 0 Å². The van der Waals surface area contributed by atoms with Gasteiger partial charge in [-0.15, -0.1) is 0 Å². The van der Waals surface area contributed by atoms with E-state index in [4.69, 9.17) is 14.7 Å². The average molecular weight is 311 g/mol. The fourth-order valence-electron chi connectivity index (χ4n) is 1.19.